The third-order valence-corrected chi connectivity index (χ3v) is 4.61. The molecule has 0 aromatic carbocycles. The number of halogens is 1. The van der Waals surface area contributed by atoms with E-state index < -0.39 is 9.05 Å². The highest BCUT2D eigenvalue weighted by atomic mass is 35.7. The minimum atomic E-state index is -3.51. The molecule has 0 aliphatic carbocycles. The number of rotatable bonds is 1. The fourth-order valence-electron chi connectivity index (χ4n) is 0.659. The summed E-state index contributed by atoms with van der Waals surface area (Å²) >= 11 is 1.20. The maximum atomic E-state index is 10.8. The second-order valence-corrected chi connectivity index (χ2v) is 6.29. The highest BCUT2D eigenvalue weighted by Gasteiger charge is 2.13. The number of thiophene rings is 1. The normalized spacial score (nSPS) is 11.9. The molecule has 0 bridgehead atoms. The van der Waals surface area contributed by atoms with Gasteiger partial charge in [-0.1, -0.05) is 0 Å². The van der Waals surface area contributed by atoms with Crippen LogP contribution in [-0.2, 0) is 9.05 Å². The van der Waals surface area contributed by atoms with Gasteiger partial charge in [0.25, 0.3) is 9.05 Å². The average Bonchev–Trinajstić information content (AvgIpc) is 2.11. The van der Waals surface area contributed by atoms with Crippen LogP contribution in [-0.4, -0.2) is 8.42 Å². The van der Waals surface area contributed by atoms with Crippen molar-refractivity contribution in [3.8, 4) is 0 Å². The quantitative estimate of drug-likeness (QED) is 0.667. The van der Waals surface area contributed by atoms with Crippen molar-refractivity contribution in [3.05, 3.63) is 16.5 Å². The Kier molecular flexibility index (Phi) is 2.27. The Morgan fingerprint density at radius 3 is 2.18 bits per heavy atom. The molecule has 0 aliphatic heterocycles. The molecule has 1 rings (SSSR count). The van der Waals surface area contributed by atoms with Gasteiger partial charge in [0.2, 0.25) is 0 Å². The van der Waals surface area contributed by atoms with E-state index in [1.54, 1.807) is 6.07 Å². The average molecular weight is 211 g/mol. The summed E-state index contributed by atoms with van der Waals surface area (Å²) in [7, 11) is 1.61. The van der Waals surface area contributed by atoms with Gasteiger partial charge in [0, 0.05) is 15.6 Å². The Labute approximate surface area is 74.2 Å². The zero-order valence-corrected chi connectivity index (χ0v) is 8.48. The van der Waals surface area contributed by atoms with Gasteiger partial charge < -0.3 is 0 Å². The molecule has 11 heavy (non-hydrogen) atoms. The summed E-state index contributed by atoms with van der Waals surface area (Å²) in [6.07, 6.45) is 0. The molecule has 1 aromatic rings. The van der Waals surface area contributed by atoms with Crippen molar-refractivity contribution in [3.63, 3.8) is 0 Å². The summed E-state index contributed by atoms with van der Waals surface area (Å²) in [5.74, 6) is 0. The van der Waals surface area contributed by atoms with Crippen molar-refractivity contribution >= 4 is 31.1 Å². The maximum Gasteiger partial charge on any atom is 0.270 e. The minimum Gasteiger partial charge on any atom is -0.206 e. The van der Waals surface area contributed by atoms with Gasteiger partial charge in [-0.2, -0.15) is 0 Å². The van der Waals surface area contributed by atoms with Gasteiger partial charge in [-0.05, 0) is 25.5 Å². The van der Waals surface area contributed by atoms with E-state index in [0.717, 1.165) is 10.4 Å². The van der Waals surface area contributed by atoms with Crippen LogP contribution >= 0.6 is 22.0 Å². The molecule has 0 fully saturated rings. The van der Waals surface area contributed by atoms with Crippen molar-refractivity contribution in [2.24, 2.45) is 0 Å². The Morgan fingerprint density at radius 2 is 2.00 bits per heavy atom. The van der Waals surface area contributed by atoms with Crippen molar-refractivity contribution in [2.75, 3.05) is 0 Å². The molecule has 62 valence electrons. The second kappa shape index (κ2) is 2.77. The first-order valence-corrected chi connectivity index (χ1v) is 6.05. The maximum absolute atomic E-state index is 10.8. The first kappa shape index (κ1) is 9.03. The van der Waals surface area contributed by atoms with Crippen LogP contribution in [0.3, 0.4) is 0 Å². The molecule has 0 radical (unpaired) electrons. The first-order valence-electron chi connectivity index (χ1n) is 2.93. The summed E-state index contributed by atoms with van der Waals surface area (Å²) < 4.78 is 21.8. The summed E-state index contributed by atoms with van der Waals surface area (Å²) in [5, 5.41) is 0. The molecule has 0 amide bonds. The summed E-state index contributed by atoms with van der Waals surface area (Å²) in [4.78, 5) is 0.990. The highest BCUT2D eigenvalue weighted by molar-refractivity contribution is 8.15. The van der Waals surface area contributed by atoms with Crippen LogP contribution in [0.2, 0.25) is 0 Å². The highest BCUT2D eigenvalue weighted by Crippen LogP contribution is 2.27. The Balaban J connectivity index is 3.29. The van der Waals surface area contributed by atoms with Crippen molar-refractivity contribution < 1.29 is 8.42 Å². The van der Waals surface area contributed by atoms with Crippen LogP contribution in [0.5, 0.6) is 0 Å². The smallest absolute Gasteiger partial charge is 0.206 e. The molecule has 5 heteroatoms. The van der Waals surface area contributed by atoms with Crippen molar-refractivity contribution in [1.29, 1.82) is 0 Å². The van der Waals surface area contributed by atoms with E-state index in [0.29, 0.717) is 0 Å². The Morgan fingerprint density at radius 1 is 1.45 bits per heavy atom. The van der Waals surface area contributed by atoms with E-state index in [1.165, 1.54) is 11.3 Å². The zero-order chi connectivity index (χ0) is 8.65. The van der Waals surface area contributed by atoms with E-state index in [4.69, 9.17) is 10.7 Å². The molecule has 0 N–H and O–H groups in total. The molecule has 0 saturated heterocycles. The van der Waals surface area contributed by atoms with Gasteiger partial charge >= 0.3 is 0 Å². The predicted octanol–water partition coefficient (Wildman–Crippen LogP) is 2.29. The molecule has 0 atom stereocenters. The largest absolute Gasteiger partial charge is 0.270 e. The molecular formula is C6H7ClO2S2. The predicted molar refractivity (Wildman–Crippen MR) is 46.8 cm³/mol. The first-order chi connectivity index (χ1) is 4.91. The summed E-state index contributed by atoms with van der Waals surface area (Å²) in [6, 6.07) is 1.59. The zero-order valence-electron chi connectivity index (χ0n) is 6.09. The second-order valence-electron chi connectivity index (χ2n) is 2.24. The lowest BCUT2D eigenvalue weighted by atomic mass is 10.3. The van der Waals surface area contributed by atoms with Crippen molar-refractivity contribution in [2.45, 2.75) is 18.1 Å². The van der Waals surface area contributed by atoms with E-state index in [2.05, 4.69) is 0 Å². The van der Waals surface area contributed by atoms with Gasteiger partial charge in [0.15, 0.2) is 0 Å². The lowest BCUT2D eigenvalue weighted by Crippen LogP contribution is -1.83. The third-order valence-electron chi connectivity index (χ3n) is 1.38. The van der Waals surface area contributed by atoms with Crippen LogP contribution in [0.4, 0.5) is 0 Å². The monoisotopic (exact) mass is 210 g/mol. The Hall–Kier alpha value is -0.0600. The van der Waals surface area contributed by atoms with E-state index in [1.807, 2.05) is 13.8 Å². The molecule has 1 heterocycles. The van der Waals surface area contributed by atoms with E-state index >= 15 is 0 Å². The van der Waals surface area contributed by atoms with Gasteiger partial charge in [0.05, 0.1) is 0 Å². The van der Waals surface area contributed by atoms with Gasteiger partial charge in [-0.15, -0.1) is 11.3 Å². The third kappa shape index (κ3) is 1.95. The molecule has 0 aliphatic rings. The van der Waals surface area contributed by atoms with Gasteiger partial charge in [0.1, 0.15) is 4.21 Å². The van der Waals surface area contributed by atoms with Crippen LogP contribution in [0.15, 0.2) is 10.3 Å². The van der Waals surface area contributed by atoms with Gasteiger partial charge in [-0.25, -0.2) is 8.42 Å². The molecule has 0 saturated carbocycles. The van der Waals surface area contributed by atoms with Crippen LogP contribution in [0.1, 0.15) is 10.4 Å². The lowest BCUT2D eigenvalue weighted by Gasteiger charge is -1.84. The lowest BCUT2D eigenvalue weighted by molar-refractivity contribution is 0.611. The fourth-order valence-corrected chi connectivity index (χ4v) is 2.92. The molecule has 1 aromatic heterocycles. The Bertz CT molecular complexity index is 344. The minimum absolute atomic E-state index is 0.231. The van der Waals surface area contributed by atoms with Crippen molar-refractivity contribution in [1.82, 2.24) is 0 Å². The molecular weight excluding hydrogens is 204 g/mol. The fraction of sp³-hybridized carbons (Fsp3) is 0.333. The summed E-state index contributed by atoms with van der Waals surface area (Å²) in [6.45, 7) is 3.73. The topological polar surface area (TPSA) is 34.1 Å². The van der Waals surface area contributed by atoms with E-state index in [9.17, 15) is 8.42 Å². The van der Waals surface area contributed by atoms with Crippen LogP contribution in [0.25, 0.3) is 0 Å². The molecule has 0 spiro atoms. The van der Waals surface area contributed by atoms with Crippen LogP contribution in [0, 0.1) is 13.8 Å². The summed E-state index contributed by atoms with van der Waals surface area (Å²) in [5.41, 5.74) is 0.967. The SMILES string of the molecule is Cc1cc(S(=O)(=O)Cl)sc1C. The van der Waals surface area contributed by atoms with E-state index in [-0.39, 0.29) is 4.21 Å². The van der Waals surface area contributed by atoms with Gasteiger partial charge in [-0.3, -0.25) is 0 Å². The number of hydrogen-bond donors (Lipinski definition) is 0. The number of aryl methyl sites for hydroxylation is 2. The molecule has 2 nitrogen and oxygen atoms in total. The number of hydrogen-bond acceptors (Lipinski definition) is 3. The molecule has 0 unspecified atom stereocenters. The standard InChI is InChI=1S/C6H7ClO2S2/c1-4-3-6(10-5(4)2)11(7,8)9/h3H,1-2H3. The van der Waals surface area contributed by atoms with Crippen LogP contribution < -0.4 is 0 Å².